The number of ether oxygens (including phenoxy) is 1. The van der Waals surface area contributed by atoms with E-state index in [0.717, 1.165) is 12.8 Å². The molecule has 3 nitrogen and oxygen atoms in total. The number of rotatable bonds is 7. The van der Waals surface area contributed by atoms with E-state index in [2.05, 4.69) is 93.6 Å². The van der Waals surface area contributed by atoms with Crippen LogP contribution in [0.2, 0.25) is 5.04 Å². The van der Waals surface area contributed by atoms with E-state index in [9.17, 15) is 4.79 Å². The lowest BCUT2D eigenvalue weighted by Gasteiger charge is -2.44. The second kappa shape index (κ2) is 9.76. The highest BCUT2D eigenvalue weighted by Gasteiger charge is 2.50. The largest absolute Gasteiger partial charge is 0.469 e. The summed E-state index contributed by atoms with van der Waals surface area (Å²) >= 11 is 0. The Bertz CT molecular complexity index is 800. The summed E-state index contributed by atoms with van der Waals surface area (Å²) in [7, 11) is -1.08. The molecule has 0 saturated heterocycles. The van der Waals surface area contributed by atoms with E-state index in [0.29, 0.717) is 18.9 Å². The van der Waals surface area contributed by atoms with Crippen LogP contribution < -0.4 is 10.4 Å². The first kappa shape index (κ1) is 22.5. The molecule has 0 radical (unpaired) electrons. The van der Waals surface area contributed by atoms with E-state index in [1.165, 1.54) is 17.5 Å². The highest BCUT2D eigenvalue weighted by molar-refractivity contribution is 6.99. The summed E-state index contributed by atoms with van der Waals surface area (Å²) in [6, 6.07) is 21.4. The fourth-order valence-corrected chi connectivity index (χ4v) is 9.29. The van der Waals surface area contributed by atoms with E-state index in [1.807, 2.05) is 0 Å². The molecule has 2 aromatic carbocycles. The maximum Gasteiger partial charge on any atom is 0.305 e. The molecular weight excluding hydrogens is 388 g/mol. The number of hydrogen-bond acceptors (Lipinski definition) is 3. The van der Waals surface area contributed by atoms with E-state index in [4.69, 9.17) is 9.16 Å². The minimum absolute atomic E-state index is 0.0436. The Morgan fingerprint density at radius 1 is 0.900 bits per heavy atom. The molecule has 0 N–H and O–H groups in total. The van der Waals surface area contributed by atoms with Crippen LogP contribution in [0, 0.1) is 11.8 Å². The van der Waals surface area contributed by atoms with Crippen LogP contribution in [-0.2, 0) is 14.0 Å². The van der Waals surface area contributed by atoms with Crippen LogP contribution in [0.15, 0.2) is 72.8 Å². The van der Waals surface area contributed by atoms with Gasteiger partial charge in [-0.3, -0.25) is 4.79 Å². The molecule has 0 bridgehead atoms. The molecule has 160 valence electrons. The lowest BCUT2D eigenvalue weighted by Crippen LogP contribution is -2.67. The van der Waals surface area contributed by atoms with Crippen molar-refractivity contribution in [1.82, 2.24) is 0 Å². The van der Waals surface area contributed by atoms with Gasteiger partial charge in [0.25, 0.3) is 8.32 Å². The van der Waals surface area contributed by atoms with E-state index in [1.54, 1.807) is 0 Å². The van der Waals surface area contributed by atoms with Crippen molar-refractivity contribution in [3.8, 4) is 0 Å². The smallest absolute Gasteiger partial charge is 0.305 e. The van der Waals surface area contributed by atoms with Crippen LogP contribution in [0.4, 0.5) is 0 Å². The van der Waals surface area contributed by atoms with Gasteiger partial charge < -0.3 is 9.16 Å². The summed E-state index contributed by atoms with van der Waals surface area (Å²) < 4.78 is 12.0. The Labute approximate surface area is 182 Å². The second-order valence-corrected chi connectivity index (χ2v) is 13.5. The summed E-state index contributed by atoms with van der Waals surface area (Å²) in [6.07, 6.45) is 6.72. The fraction of sp³-hybridized carbons (Fsp3) is 0.423. The molecular formula is C26H34O3Si. The number of allylic oxidation sites excluding steroid dienone is 2. The topological polar surface area (TPSA) is 35.5 Å². The molecule has 2 atom stereocenters. The first-order valence-electron chi connectivity index (χ1n) is 10.9. The Balaban J connectivity index is 1.97. The van der Waals surface area contributed by atoms with E-state index >= 15 is 0 Å². The lowest BCUT2D eigenvalue weighted by molar-refractivity contribution is -0.142. The molecule has 2 aromatic rings. The van der Waals surface area contributed by atoms with Gasteiger partial charge in [-0.1, -0.05) is 93.6 Å². The minimum Gasteiger partial charge on any atom is -0.469 e. The standard InChI is InChI=1S/C26H34O3Si/c1-26(2,3)30(23-15-7-5-8-16-23,24-17-9-6-10-18-24)29-20-22-14-12-11-13-21(22)19-25(27)28-4/h5-12,15-18,21-22H,13-14,19-20H2,1-4H3/t21-,22+/m1/s1. The van der Waals surface area contributed by atoms with Crippen LogP contribution >= 0.6 is 0 Å². The summed E-state index contributed by atoms with van der Waals surface area (Å²) in [5.41, 5.74) is 0. The molecule has 0 spiro atoms. The van der Waals surface area contributed by atoms with Gasteiger partial charge in [-0.25, -0.2) is 0 Å². The van der Waals surface area contributed by atoms with Crippen molar-refractivity contribution < 1.29 is 14.0 Å². The molecule has 3 rings (SSSR count). The number of carbonyl (C=O) groups excluding carboxylic acids is 1. The van der Waals surface area contributed by atoms with E-state index in [-0.39, 0.29) is 16.9 Å². The van der Waals surface area contributed by atoms with Crippen molar-refractivity contribution in [3.63, 3.8) is 0 Å². The highest BCUT2D eigenvalue weighted by Crippen LogP contribution is 2.38. The van der Waals surface area contributed by atoms with Gasteiger partial charge >= 0.3 is 5.97 Å². The van der Waals surface area contributed by atoms with Gasteiger partial charge in [0.15, 0.2) is 0 Å². The van der Waals surface area contributed by atoms with Crippen molar-refractivity contribution in [1.29, 1.82) is 0 Å². The van der Waals surface area contributed by atoms with Crippen LogP contribution in [0.25, 0.3) is 0 Å². The van der Waals surface area contributed by atoms with Crippen LogP contribution in [0.5, 0.6) is 0 Å². The predicted molar refractivity (Wildman–Crippen MR) is 126 cm³/mol. The average molecular weight is 423 g/mol. The Morgan fingerprint density at radius 2 is 1.40 bits per heavy atom. The quantitative estimate of drug-likeness (QED) is 0.368. The summed E-state index contributed by atoms with van der Waals surface area (Å²) in [6.45, 7) is 7.54. The number of hydrogen-bond donors (Lipinski definition) is 0. The normalized spacial score (nSPS) is 19.5. The number of methoxy groups -OCH3 is 1. The SMILES string of the molecule is COC(=O)C[C@H]1CC=CC[C@H]1CO[Si](c1ccccc1)(c1ccccc1)C(C)(C)C. The number of carbonyl (C=O) groups is 1. The maximum absolute atomic E-state index is 12.0. The van der Waals surface area contributed by atoms with Gasteiger partial charge in [0.05, 0.1) is 7.11 Å². The van der Waals surface area contributed by atoms with Crippen molar-refractivity contribution in [2.45, 2.75) is 45.1 Å². The van der Waals surface area contributed by atoms with E-state index < -0.39 is 8.32 Å². The minimum atomic E-state index is -2.55. The fourth-order valence-electron chi connectivity index (χ4n) is 4.67. The van der Waals surface area contributed by atoms with Crippen molar-refractivity contribution in [2.75, 3.05) is 13.7 Å². The van der Waals surface area contributed by atoms with Gasteiger partial charge in [-0.15, -0.1) is 0 Å². The molecule has 1 aliphatic rings. The van der Waals surface area contributed by atoms with Gasteiger partial charge in [0, 0.05) is 13.0 Å². The van der Waals surface area contributed by atoms with Gasteiger partial charge in [-0.05, 0) is 40.1 Å². The summed E-state index contributed by atoms with van der Waals surface area (Å²) in [5, 5.41) is 2.54. The number of esters is 1. The third-order valence-electron chi connectivity index (χ3n) is 6.30. The summed E-state index contributed by atoms with van der Waals surface area (Å²) in [5.74, 6) is 0.446. The van der Waals surface area contributed by atoms with Gasteiger partial charge in [-0.2, -0.15) is 0 Å². The Morgan fingerprint density at radius 3 is 1.87 bits per heavy atom. The predicted octanol–water partition coefficient (Wildman–Crippen LogP) is 4.71. The van der Waals surface area contributed by atoms with Crippen molar-refractivity contribution in [3.05, 3.63) is 72.8 Å². The van der Waals surface area contributed by atoms with Crippen LogP contribution in [0.3, 0.4) is 0 Å². The molecule has 0 unspecified atom stereocenters. The molecule has 0 aliphatic heterocycles. The summed E-state index contributed by atoms with van der Waals surface area (Å²) in [4.78, 5) is 12.0. The average Bonchev–Trinajstić information content (AvgIpc) is 2.75. The lowest BCUT2D eigenvalue weighted by atomic mass is 9.81. The Hall–Kier alpha value is -2.17. The monoisotopic (exact) mass is 422 g/mol. The molecule has 0 aromatic heterocycles. The van der Waals surface area contributed by atoms with Gasteiger partial charge in [0.2, 0.25) is 0 Å². The third-order valence-corrected chi connectivity index (χ3v) is 11.3. The molecule has 30 heavy (non-hydrogen) atoms. The van der Waals surface area contributed by atoms with Crippen LogP contribution in [0.1, 0.15) is 40.0 Å². The van der Waals surface area contributed by atoms with Crippen LogP contribution in [-0.4, -0.2) is 28.0 Å². The zero-order valence-corrected chi connectivity index (χ0v) is 19.6. The first-order valence-corrected chi connectivity index (χ1v) is 12.8. The zero-order chi connectivity index (χ0) is 21.6. The molecule has 0 amide bonds. The second-order valence-electron chi connectivity index (χ2n) is 9.22. The molecule has 0 saturated carbocycles. The Kier molecular flexibility index (Phi) is 7.32. The molecule has 0 heterocycles. The third kappa shape index (κ3) is 4.76. The maximum atomic E-state index is 12.0. The van der Waals surface area contributed by atoms with Crippen molar-refractivity contribution >= 4 is 24.7 Å². The highest BCUT2D eigenvalue weighted by atomic mass is 28.4. The first-order chi connectivity index (χ1) is 14.4. The van der Waals surface area contributed by atoms with Gasteiger partial charge in [0.1, 0.15) is 0 Å². The molecule has 0 fully saturated rings. The van der Waals surface area contributed by atoms with Crippen molar-refractivity contribution in [2.24, 2.45) is 11.8 Å². The molecule has 4 heteroatoms. The number of benzene rings is 2. The molecule has 1 aliphatic carbocycles. The zero-order valence-electron chi connectivity index (χ0n) is 18.6.